The fourth-order valence-electron chi connectivity index (χ4n) is 0.574. The molecule has 5 heteroatoms. The Bertz CT molecular complexity index is 110. The van der Waals surface area contributed by atoms with Gasteiger partial charge in [-0.15, -0.1) is 0 Å². The van der Waals surface area contributed by atoms with Gasteiger partial charge in [-0.05, 0) is 0 Å². The first-order chi connectivity index (χ1) is 4.74. The van der Waals surface area contributed by atoms with Crippen LogP contribution < -0.4 is 0 Å². The van der Waals surface area contributed by atoms with Crippen LogP contribution >= 0.6 is 0 Å². The van der Waals surface area contributed by atoms with E-state index >= 15 is 0 Å². The molecule has 1 aliphatic rings. The molecule has 1 heterocycles. The second kappa shape index (κ2) is 4.75. The normalized spacial score (nSPS) is 16.3. The molecule has 58 valence electrons. The van der Waals surface area contributed by atoms with Gasteiger partial charge in [-0.25, -0.2) is 0 Å². The standard InChI is InChI=1S/C4H7NO2.CH2O2/c6-3-5-1-4(7)2-5;2-1-3/h3-4,7H,1-2H2;1H,(H,2,3). The van der Waals surface area contributed by atoms with E-state index in [0.29, 0.717) is 13.1 Å². The molecule has 0 spiro atoms. The number of hydrogen-bond donors (Lipinski definition) is 2. The third-order valence-electron chi connectivity index (χ3n) is 1.04. The molecule has 1 aliphatic heterocycles. The summed E-state index contributed by atoms with van der Waals surface area (Å²) in [5, 5.41) is 15.4. The van der Waals surface area contributed by atoms with Crippen LogP contribution in [0.2, 0.25) is 0 Å². The summed E-state index contributed by atoms with van der Waals surface area (Å²) in [7, 11) is 0. The molecule has 10 heavy (non-hydrogen) atoms. The number of nitrogens with zero attached hydrogens (tertiary/aromatic N) is 1. The van der Waals surface area contributed by atoms with Gasteiger partial charge in [0, 0.05) is 13.1 Å². The van der Waals surface area contributed by atoms with Crippen LogP contribution in [0.15, 0.2) is 0 Å². The molecular formula is C5H9NO4. The maximum Gasteiger partial charge on any atom is 0.290 e. The lowest BCUT2D eigenvalue weighted by atomic mass is 10.2. The van der Waals surface area contributed by atoms with E-state index in [1.165, 1.54) is 4.90 Å². The molecule has 0 saturated carbocycles. The largest absolute Gasteiger partial charge is 0.483 e. The van der Waals surface area contributed by atoms with E-state index in [0.717, 1.165) is 6.41 Å². The number of aliphatic hydroxyl groups is 1. The van der Waals surface area contributed by atoms with Gasteiger partial charge >= 0.3 is 0 Å². The molecule has 1 saturated heterocycles. The van der Waals surface area contributed by atoms with Crippen LogP contribution in [0.25, 0.3) is 0 Å². The van der Waals surface area contributed by atoms with Crippen molar-refractivity contribution in [1.82, 2.24) is 4.90 Å². The first-order valence-electron chi connectivity index (χ1n) is 2.69. The maximum atomic E-state index is 9.75. The molecular weight excluding hydrogens is 138 g/mol. The Morgan fingerprint density at radius 1 is 1.40 bits per heavy atom. The Kier molecular flexibility index (Phi) is 4.23. The predicted molar refractivity (Wildman–Crippen MR) is 32.3 cm³/mol. The summed E-state index contributed by atoms with van der Waals surface area (Å²) in [6, 6.07) is 0. The van der Waals surface area contributed by atoms with E-state index in [4.69, 9.17) is 15.0 Å². The molecule has 1 fully saturated rings. The SMILES string of the molecule is O=CN1CC(O)C1.O=CO. The van der Waals surface area contributed by atoms with Gasteiger partial charge in [-0.2, -0.15) is 0 Å². The third-order valence-corrected chi connectivity index (χ3v) is 1.04. The van der Waals surface area contributed by atoms with Crippen molar-refractivity contribution in [2.24, 2.45) is 0 Å². The number of amides is 1. The lowest BCUT2D eigenvalue weighted by Crippen LogP contribution is -2.49. The van der Waals surface area contributed by atoms with E-state index < -0.39 is 0 Å². The summed E-state index contributed by atoms with van der Waals surface area (Å²) < 4.78 is 0. The molecule has 0 aromatic carbocycles. The monoisotopic (exact) mass is 147 g/mol. The molecule has 0 unspecified atom stereocenters. The van der Waals surface area contributed by atoms with Gasteiger partial charge in [-0.3, -0.25) is 9.59 Å². The maximum absolute atomic E-state index is 9.75. The van der Waals surface area contributed by atoms with Crippen molar-refractivity contribution >= 4 is 12.9 Å². The Hall–Kier alpha value is -1.10. The van der Waals surface area contributed by atoms with Crippen molar-refractivity contribution in [3.8, 4) is 0 Å². The quantitative estimate of drug-likeness (QED) is 0.443. The zero-order chi connectivity index (χ0) is 7.98. The summed E-state index contributed by atoms with van der Waals surface area (Å²) in [5.74, 6) is 0. The zero-order valence-electron chi connectivity index (χ0n) is 5.30. The van der Waals surface area contributed by atoms with E-state index in [1.807, 2.05) is 0 Å². The van der Waals surface area contributed by atoms with Gasteiger partial charge < -0.3 is 15.1 Å². The van der Waals surface area contributed by atoms with Crippen LogP contribution in [0.4, 0.5) is 0 Å². The van der Waals surface area contributed by atoms with Gasteiger partial charge in [0.25, 0.3) is 6.47 Å². The van der Waals surface area contributed by atoms with E-state index in [9.17, 15) is 4.79 Å². The summed E-state index contributed by atoms with van der Waals surface area (Å²) in [5.41, 5.74) is 0. The Labute approximate surface area is 57.9 Å². The summed E-state index contributed by atoms with van der Waals surface area (Å²) in [4.78, 5) is 19.6. The van der Waals surface area contributed by atoms with Crippen molar-refractivity contribution in [3.05, 3.63) is 0 Å². The highest BCUT2D eigenvalue weighted by Gasteiger charge is 2.21. The minimum Gasteiger partial charge on any atom is -0.483 e. The number of rotatable bonds is 1. The van der Waals surface area contributed by atoms with Gasteiger partial charge in [0.1, 0.15) is 0 Å². The van der Waals surface area contributed by atoms with Crippen LogP contribution in [0.3, 0.4) is 0 Å². The summed E-state index contributed by atoms with van der Waals surface area (Å²) >= 11 is 0. The molecule has 0 bridgehead atoms. The molecule has 0 radical (unpaired) electrons. The molecule has 5 nitrogen and oxygen atoms in total. The molecule has 1 rings (SSSR count). The first-order valence-corrected chi connectivity index (χ1v) is 2.69. The fourth-order valence-corrected chi connectivity index (χ4v) is 0.574. The van der Waals surface area contributed by atoms with E-state index in [2.05, 4.69) is 0 Å². The minimum atomic E-state index is -0.259. The fraction of sp³-hybridized carbons (Fsp3) is 0.600. The second-order valence-corrected chi connectivity index (χ2v) is 1.82. The molecule has 0 aliphatic carbocycles. The lowest BCUT2D eigenvalue weighted by Gasteiger charge is -2.31. The minimum absolute atomic E-state index is 0.250. The number of aliphatic hydroxyl groups excluding tert-OH is 1. The van der Waals surface area contributed by atoms with Gasteiger partial charge in [0.2, 0.25) is 6.41 Å². The number of carbonyl (C=O) groups is 2. The van der Waals surface area contributed by atoms with Crippen LogP contribution in [0, 0.1) is 0 Å². The highest BCUT2D eigenvalue weighted by Crippen LogP contribution is 2.01. The average molecular weight is 147 g/mol. The van der Waals surface area contributed by atoms with Crippen LogP contribution in [-0.2, 0) is 9.59 Å². The number of likely N-dealkylation sites (tertiary alicyclic amines) is 1. The average Bonchev–Trinajstić information content (AvgIpc) is 1.83. The Balaban J connectivity index is 0.000000236. The van der Waals surface area contributed by atoms with Gasteiger partial charge in [0.05, 0.1) is 6.10 Å². The van der Waals surface area contributed by atoms with Gasteiger partial charge in [0.15, 0.2) is 0 Å². The Morgan fingerprint density at radius 3 is 1.90 bits per heavy atom. The van der Waals surface area contributed by atoms with Crippen molar-refractivity contribution in [3.63, 3.8) is 0 Å². The number of carboxylic acid groups (broad SMARTS) is 1. The van der Waals surface area contributed by atoms with Crippen LogP contribution in [-0.4, -0.2) is 47.2 Å². The van der Waals surface area contributed by atoms with E-state index in [-0.39, 0.29) is 12.6 Å². The molecule has 0 aromatic rings. The number of hydrogen-bond acceptors (Lipinski definition) is 3. The van der Waals surface area contributed by atoms with Crippen molar-refractivity contribution < 1.29 is 19.8 Å². The highest BCUT2D eigenvalue weighted by atomic mass is 16.3. The topological polar surface area (TPSA) is 77.8 Å². The summed E-state index contributed by atoms with van der Waals surface area (Å²) in [6.45, 7) is 0.785. The number of β-amino-alcohol motifs (C(OH)–C–C–N with tert-alkyl or cyclic N) is 1. The first kappa shape index (κ1) is 8.90. The second-order valence-electron chi connectivity index (χ2n) is 1.82. The zero-order valence-corrected chi connectivity index (χ0v) is 5.30. The Morgan fingerprint density at radius 2 is 1.80 bits per heavy atom. The molecule has 1 amide bonds. The summed E-state index contributed by atoms with van der Waals surface area (Å²) in [6.07, 6.45) is 0.484. The van der Waals surface area contributed by atoms with Crippen molar-refractivity contribution in [2.45, 2.75) is 6.10 Å². The molecule has 0 aromatic heterocycles. The third kappa shape index (κ3) is 3.03. The lowest BCUT2D eigenvalue weighted by molar-refractivity contribution is -0.127. The van der Waals surface area contributed by atoms with Crippen molar-refractivity contribution in [2.75, 3.05) is 13.1 Å². The molecule has 2 N–H and O–H groups in total. The van der Waals surface area contributed by atoms with Crippen LogP contribution in [0.5, 0.6) is 0 Å². The number of carbonyl (C=O) groups excluding carboxylic acids is 1. The molecule has 0 atom stereocenters. The van der Waals surface area contributed by atoms with Crippen LogP contribution in [0.1, 0.15) is 0 Å². The van der Waals surface area contributed by atoms with E-state index in [1.54, 1.807) is 0 Å². The smallest absolute Gasteiger partial charge is 0.290 e. The predicted octanol–water partition coefficient (Wildman–Crippen LogP) is -1.48. The van der Waals surface area contributed by atoms with Crippen molar-refractivity contribution in [1.29, 1.82) is 0 Å². The van der Waals surface area contributed by atoms with Gasteiger partial charge in [-0.1, -0.05) is 0 Å². The highest BCUT2D eigenvalue weighted by molar-refractivity contribution is 5.48.